The van der Waals surface area contributed by atoms with Gasteiger partial charge in [0.1, 0.15) is 29.1 Å². The van der Waals surface area contributed by atoms with Gasteiger partial charge in [-0.2, -0.15) is 0 Å². The number of benzene rings is 3. The summed E-state index contributed by atoms with van der Waals surface area (Å²) in [5.74, 6) is -0.508. The quantitative estimate of drug-likeness (QED) is 0.209. The van der Waals surface area contributed by atoms with E-state index in [1.165, 1.54) is 14.2 Å². The van der Waals surface area contributed by atoms with Crippen LogP contribution in [-0.2, 0) is 20.7 Å². The van der Waals surface area contributed by atoms with Crippen LogP contribution in [0.3, 0.4) is 0 Å². The Morgan fingerprint density at radius 2 is 1.70 bits per heavy atom. The molecule has 1 heterocycles. The lowest BCUT2D eigenvalue weighted by atomic mass is 9.70. The number of rotatable bonds is 10. The fraction of sp³-hybridized carbons (Fsp3) is 0.387. The predicted octanol–water partition coefficient (Wildman–Crippen LogP) is 4.52. The van der Waals surface area contributed by atoms with Gasteiger partial charge in [0, 0.05) is 23.9 Å². The van der Waals surface area contributed by atoms with Gasteiger partial charge in [-0.05, 0) is 36.1 Å². The van der Waals surface area contributed by atoms with Crippen molar-refractivity contribution in [3.8, 4) is 23.0 Å². The molecule has 0 aromatic heterocycles. The molecule has 8 nitrogen and oxygen atoms in total. The molecular formula is C31H33ClO8. The standard InChI is InChI=1S/C31H33ClO8/c1-36-21-13-11-20(12-14-21)31-26(19-9-5-4-6-10-19)25(29(34)38-3)28(33)30(31,35)27-23(37-2)17-22(18-24(27)40-31)39-16-8-7-15-32/h4-6,9-14,17-18,25-26,28,33,35H,7-8,15-16H2,1-3H3/t25-,26+,28-,30-,31+/m0/s1. The number of unbranched alkanes of at least 4 members (excludes halogenated alkanes) is 1. The van der Waals surface area contributed by atoms with Crippen molar-refractivity contribution >= 4 is 17.6 Å². The smallest absolute Gasteiger partial charge is 0.312 e. The average Bonchev–Trinajstić information content (AvgIpc) is 3.37. The van der Waals surface area contributed by atoms with Crippen LogP contribution in [-0.4, -0.2) is 56.1 Å². The monoisotopic (exact) mass is 568 g/mol. The molecular weight excluding hydrogens is 536 g/mol. The number of esters is 1. The summed E-state index contributed by atoms with van der Waals surface area (Å²) in [6, 6.07) is 19.6. The van der Waals surface area contributed by atoms with Crippen LogP contribution in [0.25, 0.3) is 0 Å². The number of hydrogen-bond donors (Lipinski definition) is 2. The van der Waals surface area contributed by atoms with Crippen molar-refractivity contribution in [3.63, 3.8) is 0 Å². The first-order valence-corrected chi connectivity index (χ1v) is 13.7. The minimum absolute atomic E-state index is 0.235. The van der Waals surface area contributed by atoms with Crippen LogP contribution >= 0.6 is 11.6 Å². The lowest BCUT2D eigenvalue weighted by molar-refractivity contribution is -0.161. The zero-order chi connectivity index (χ0) is 28.5. The maximum Gasteiger partial charge on any atom is 0.312 e. The van der Waals surface area contributed by atoms with Gasteiger partial charge >= 0.3 is 5.97 Å². The Labute approximate surface area is 238 Å². The van der Waals surface area contributed by atoms with E-state index in [4.69, 9.17) is 35.3 Å². The highest BCUT2D eigenvalue weighted by Gasteiger charge is 2.78. The van der Waals surface area contributed by atoms with Crippen LogP contribution in [0.4, 0.5) is 0 Å². The van der Waals surface area contributed by atoms with Crippen LogP contribution < -0.4 is 18.9 Å². The van der Waals surface area contributed by atoms with Crippen molar-refractivity contribution in [3.05, 3.63) is 83.4 Å². The van der Waals surface area contributed by atoms with Crippen molar-refractivity contribution in [2.45, 2.75) is 36.1 Å². The van der Waals surface area contributed by atoms with Gasteiger partial charge in [0.2, 0.25) is 0 Å². The zero-order valence-corrected chi connectivity index (χ0v) is 23.4. The fourth-order valence-electron chi connectivity index (χ4n) is 6.25. The lowest BCUT2D eigenvalue weighted by Gasteiger charge is -2.40. The van der Waals surface area contributed by atoms with Crippen molar-refractivity contribution in [1.82, 2.24) is 0 Å². The Hall–Kier alpha value is -3.46. The van der Waals surface area contributed by atoms with Gasteiger partial charge < -0.3 is 33.9 Å². The van der Waals surface area contributed by atoms with Gasteiger partial charge in [-0.25, -0.2) is 0 Å². The summed E-state index contributed by atoms with van der Waals surface area (Å²) in [7, 11) is 4.29. The summed E-state index contributed by atoms with van der Waals surface area (Å²) in [6.45, 7) is 0.433. The first kappa shape index (κ1) is 28.1. The van der Waals surface area contributed by atoms with Gasteiger partial charge in [0.25, 0.3) is 0 Å². The number of ether oxygens (including phenoxy) is 5. The van der Waals surface area contributed by atoms with E-state index in [0.717, 1.165) is 12.8 Å². The average molecular weight is 569 g/mol. The number of halogens is 1. The van der Waals surface area contributed by atoms with Crippen LogP contribution in [0.1, 0.15) is 35.4 Å². The normalized spacial score (nSPS) is 26.4. The third-order valence-electron chi connectivity index (χ3n) is 7.99. The molecule has 3 aromatic carbocycles. The third kappa shape index (κ3) is 4.17. The molecule has 5 rings (SSSR count). The summed E-state index contributed by atoms with van der Waals surface area (Å²) in [4.78, 5) is 13.3. The van der Waals surface area contributed by atoms with E-state index in [1.807, 2.05) is 30.3 Å². The molecule has 2 N–H and O–H groups in total. The summed E-state index contributed by atoms with van der Waals surface area (Å²) in [5, 5.41) is 24.8. The molecule has 1 saturated carbocycles. The van der Waals surface area contributed by atoms with Crippen molar-refractivity contribution in [1.29, 1.82) is 0 Å². The molecule has 212 valence electrons. The third-order valence-corrected chi connectivity index (χ3v) is 8.26. The van der Waals surface area contributed by atoms with Gasteiger partial charge in [-0.3, -0.25) is 4.79 Å². The number of alkyl halides is 1. The fourth-order valence-corrected chi connectivity index (χ4v) is 6.44. The number of carbonyl (C=O) groups is 1. The molecule has 0 unspecified atom stereocenters. The molecule has 9 heteroatoms. The predicted molar refractivity (Wildman–Crippen MR) is 148 cm³/mol. The number of carbonyl (C=O) groups excluding carboxylic acids is 1. The molecule has 0 bridgehead atoms. The second-order valence-corrected chi connectivity index (χ2v) is 10.3. The topological polar surface area (TPSA) is 104 Å². The molecule has 0 amide bonds. The van der Waals surface area contributed by atoms with E-state index >= 15 is 0 Å². The molecule has 0 saturated heterocycles. The van der Waals surface area contributed by atoms with Crippen molar-refractivity contribution < 1.29 is 38.7 Å². The summed E-state index contributed by atoms with van der Waals surface area (Å²) >= 11 is 5.80. The van der Waals surface area contributed by atoms with Crippen LogP contribution in [0.15, 0.2) is 66.7 Å². The van der Waals surface area contributed by atoms with Crippen LogP contribution in [0, 0.1) is 5.92 Å². The highest BCUT2D eigenvalue weighted by atomic mass is 35.5. The largest absolute Gasteiger partial charge is 0.497 e. The molecule has 0 spiro atoms. The number of aliphatic hydroxyl groups excluding tert-OH is 1. The molecule has 0 radical (unpaired) electrons. The molecule has 5 atom stereocenters. The van der Waals surface area contributed by atoms with E-state index in [2.05, 4.69) is 0 Å². The highest BCUT2D eigenvalue weighted by molar-refractivity contribution is 6.17. The number of aliphatic hydroxyl groups is 2. The Morgan fingerprint density at radius 3 is 2.33 bits per heavy atom. The number of methoxy groups -OCH3 is 3. The van der Waals surface area contributed by atoms with Crippen molar-refractivity contribution in [2.24, 2.45) is 5.92 Å². The number of fused-ring (bicyclic) bond motifs is 3. The molecule has 1 aliphatic carbocycles. The Kier molecular flexibility index (Phi) is 7.86. The van der Waals surface area contributed by atoms with E-state index in [9.17, 15) is 15.0 Å². The number of hydrogen-bond acceptors (Lipinski definition) is 8. The maximum absolute atomic E-state index is 13.3. The van der Waals surface area contributed by atoms with Gasteiger partial charge in [0.15, 0.2) is 11.2 Å². The Balaban J connectivity index is 1.76. The van der Waals surface area contributed by atoms with E-state index < -0.39 is 35.1 Å². The second kappa shape index (κ2) is 11.2. The molecule has 40 heavy (non-hydrogen) atoms. The first-order valence-electron chi connectivity index (χ1n) is 13.1. The molecule has 1 aliphatic heterocycles. The van der Waals surface area contributed by atoms with Crippen molar-refractivity contribution in [2.75, 3.05) is 33.8 Å². The van der Waals surface area contributed by atoms with Gasteiger partial charge in [-0.15, -0.1) is 11.6 Å². The summed E-state index contributed by atoms with van der Waals surface area (Å²) < 4.78 is 29.1. The Bertz CT molecular complexity index is 1350. The van der Waals surface area contributed by atoms with Crippen LogP contribution in [0.5, 0.6) is 23.0 Å². The highest BCUT2D eigenvalue weighted by Crippen LogP contribution is 2.70. The zero-order valence-electron chi connectivity index (χ0n) is 22.6. The SMILES string of the molecule is COC(=O)[C@H]1[C@@H](c2ccccc2)[C@@]2(c3ccc(OC)cc3)Oc3cc(OCCCCCl)cc(OC)c3[C@]2(O)[C@H]1O. The van der Waals surface area contributed by atoms with Gasteiger partial charge in [-0.1, -0.05) is 42.5 Å². The minimum Gasteiger partial charge on any atom is -0.497 e. The second-order valence-electron chi connectivity index (χ2n) is 9.96. The lowest BCUT2D eigenvalue weighted by Crippen LogP contribution is -2.52. The first-order chi connectivity index (χ1) is 19.4. The van der Waals surface area contributed by atoms with Gasteiger partial charge in [0.05, 0.1) is 39.4 Å². The van der Waals surface area contributed by atoms with E-state index in [1.54, 1.807) is 43.5 Å². The molecule has 1 fully saturated rings. The molecule has 2 aliphatic rings. The Morgan fingerprint density at radius 1 is 0.975 bits per heavy atom. The summed E-state index contributed by atoms with van der Waals surface area (Å²) in [6.07, 6.45) is -0.0442. The van der Waals surface area contributed by atoms with E-state index in [-0.39, 0.29) is 17.1 Å². The van der Waals surface area contributed by atoms with Crippen LogP contribution in [0.2, 0.25) is 0 Å². The van der Waals surface area contributed by atoms with E-state index in [0.29, 0.717) is 35.1 Å². The molecule has 3 aromatic rings. The summed E-state index contributed by atoms with van der Waals surface area (Å²) in [5.41, 5.74) is -2.30. The minimum atomic E-state index is -2.11. The maximum atomic E-state index is 13.3.